The Morgan fingerprint density at radius 1 is 1.13 bits per heavy atom. The average molecular weight is 521 g/mol. The fourth-order valence-corrected chi connectivity index (χ4v) is 5.37. The number of nitrogens with zero attached hydrogens (tertiary/aromatic N) is 6. The summed E-state index contributed by atoms with van der Waals surface area (Å²) in [7, 11) is 0. The first-order valence-electron chi connectivity index (χ1n) is 13.2. The number of aromatic nitrogens is 3. The van der Waals surface area contributed by atoms with Gasteiger partial charge in [0.1, 0.15) is 23.9 Å². The number of anilines is 1. The van der Waals surface area contributed by atoms with Crippen LogP contribution in [0.3, 0.4) is 0 Å². The molecule has 0 radical (unpaired) electrons. The van der Waals surface area contributed by atoms with Crippen LogP contribution in [-0.2, 0) is 0 Å². The number of piperidine rings is 1. The molecule has 0 aliphatic carbocycles. The largest absolute Gasteiger partial charge is 0.489 e. The molecule has 2 unspecified atom stereocenters. The molecular formula is C31H32N6O2. The van der Waals surface area contributed by atoms with E-state index in [1.807, 2.05) is 42.6 Å². The predicted molar refractivity (Wildman–Crippen MR) is 154 cm³/mol. The zero-order chi connectivity index (χ0) is 27.0. The minimum absolute atomic E-state index is 0.162. The van der Waals surface area contributed by atoms with E-state index >= 15 is 0 Å². The third-order valence-corrected chi connectivity index (χ3v) is 7.33. The van der Waals surface area contributed by atoms with Gasteiger partial charge in [-0.3, -0.25) is 9.89 Å². The number of aliphatic imine (C=N–C) groups is 1. The maximum absolute atomic E-state index is 10.1. The molecule has 3 aliphatic rings. The highest BCUT2D eigenvalue weighted by molar-refractivity contribution is 5.89. The summed E-state index contributed by atoms with van der Waals surface area (Å²) in [5, 5.41) is 14.5. The lowest BCUT2D eigenvalue weighted by molar-refractivity contribution is 0.0125. The molecule has 4 aromatic rings. The number of piperazine rings is 1. The molecule has 39 heavy (non-hydrogen) atoms. The number of hydrogen-bond acceptors (Lipinski definition) is 7. The minimum atomic E-state index is -0.949. The minimum Gasteiger partial charge on any atom is -0.489 e. The predicted octanol–water partition coefficient (Wildman–Crippen LogP) is 4.19. The van der Waals surface area contributed by atoms with Crippen molar-refractivity contribution in [2.45, 2.75) is 38.0 Å². The first-order chi connectivity index (χ1) is 18.9. The zero-order valence-corrected chi connectivity index (χ0v) is 22.3. The lowest BCUT2D eigenvalue weighted by Gasteiger charge is -2.56. The lowest BCUT2D eigenvalue weighted by atomic mass is 9.87. The highest BCUT2D eigenvalue weighted by Gasteiger charge is 2.44. The van der Waals surface area contributed by atoms with Crippen molar-refractivity contribution in [2.75, 3.05) is 31.1 Å². The van der Waals surface area contributed by atoms with Gasteiger partial charge < -0.3 is 14.7 Å². The van der Waals surface area contributed by atoms with Gasteiger partial charge in [0.2, 0.25) is 0 Å². The Bertz CT molecular complexity index is 1530. The van der Waals surface area contributed by atoms with E-state index in [0.29, 0.717) is 23.5 Å². The van der Waals surface area contributed by atoms with E-state index in [-0.39, 0.29) is 6.61 Å². The Balaban J connectivity index is 1.18. The standard InChI is InChI=1S/C31H32N6O2/c1-31(2,38)21-39-26-15-27(30-28(32-3)17-34-37(30)20-26)23-11-12-29(33-16-23)35-18-24-14-25(19-35)36(24)13-7-10-22-8-5-4-6-9-22/h4-6,8-9,11-12,15-17,20,24-25,38H,3,13-14,18-19,21H2,1-2H3. The van der Waals surface area contributed by atoms with Gasteiger partial charge in [0.25, 0.3) is 0 Å². The first kappa shape index (κ1) is 25.1. The average Bonchev–Trinajstić information content (AvgIpc) is 3.37. The summed E-state index contributed by atoms with van der Waals surface area (Å²) in [6.45, 7) is 10.00. The van der Waals surface area contributed by atoms with Crippen LogP contribution < -0.4 is 9.64 Å². The molecule has 1 N–H and O–H groups in total. The molecule has 3 aliphatic heterocycles. The third kappa shape index (κ3) is 5.24. The van der Waals surface area contributed by atoms with Crippen molar-refractivity contribution in [1.29, 1.82) is 0 Å². The molecule has 0 amide bonds. The van der Waals surface area contributed by atoms with E-state index in [0.717, 1.165) is 47.7 Å². The second-order valence-electron chi connectivity index (χ2n) is 10.9. The van der Waals surface area contributed by atoms with Gasteiger partial charge in [-0.25, -0.2) is 9.50 Å². The molecule has 0 spiro atoms. The van der Waals surface area contributed by atoms with Crippen LogP contribution in [0.25, 0.3) is 16.6 Å². The number of hydrogen-bond donors (Lipinski definition) is 1. The van der Waals surface area contributed by atoms with Crippen molar-refractivity contribution >= 4 is 23.7 Å². The van der Waals surface area contributed by atoms with Crippen LogP contribution in [0.4, 0.5) is 11.5 Å². The Morgan fingerprint density at radius 2 is 1.92 bits per heavy atom. The van der Waals surface area contributed by atoms with E-state index in [2.05, 4.69) is 50.6 Å². The third-order valence-electron chi connectivity index (χ3n) is 7.33. The zero-order valence-electron chi connectivity index (χ0n) is 22.3. The van der Waals surface area contributed by atoms with Crippen LogP contribution in [0, 0.1) is 11.8 Å². The van der Waals surface area contributed by atoms with Crippen LogP contribution in [0.5, 0.6) is 5.75 Å². The van der Waals surface area contributed by atoms with E-state index < -0.39 is 5.60 Å². The topological polar surface area (TPSA) is 78.5 Å². The van der Waals surface area contributed by atoms with E-state index in [1.165, 1.54) is 6.42 Å². The molecule has 3 saturated heterocycles. The van der Waals surface area contributed by atoms with Crippen molar-refractivity contribution in [3.05, 3.63) is 72.7 Å². The second-order valence-corrected chi connectivity index (χ2v) is 10.9. The maximum atomic E-state index is 10.1. The molecule has 8 heteroatoms. The maximum Gasteiger partial charge on any atom is 0.138 e. The summed E-state index contributed by atoms with van der Waals surface area (Å²) < 4.78 is 7.62. The summed E-state index contributed by atoms with van der Waals surface area (Å²) in [5.74, 6) is 8.22. The van der Waals surface area contributed by atoms with Gasteiger partial charge in [0.15, 0.2) is 0 Å². The molecule has 198 valence electrons. The van der Waals surface area contributed by atoms with Gasteiger partial charge in [-0.15, -0.1) is 0 Å². The van der Waals surface area contributed by atoms with Gasteiger partial charge in [-0.1, -0.05) is 30.0 Å². The Kier molecular flexibility index (Phi) is 6.55. The summed E-state index contributed by atoms with van der Waals surface area (Å²) in [4.78, 5) is 13.9. The van der Waals surface area contributed by atoms with Crippen LogP contribution in [0.15, 0.2) is 72.1 Å². The van der Waals surface area contributed by atoms with Crippen LogP contribution in [-0.4, -0.2) is 75.2 Å². The van der Waals surface area contributed by atoms with Crippen molar-refractivity contribution in [3.63, 3.8) is 0 Å². The molecule has 0 saturated carbocycles. The number of benzene rings is 1. The number of fused-ring (bicyclic) bond motifs is 3. The number of ether oxygens (including phenoxy) is 1. The normalized spacial score (nSPS) is 18.8. The summed E-state index contributed by atoms with van der Waals surface area (Å²) in [5.41, 5.74) is 3.47. The number of rotatable bonds is 7. The van der Waals surface area contributed by atoms with E-state index in [4.69, 9.17) is 9.72 Å². The van der Waals surface area contributed by atoms with Crippen molar-refractivity contribution in [2.24, 2.45) is 4.99 Å². The van der Waals surface area contributed by atoms with E-state index in [1.54, 1.807) is 30.8 Å². The SMILES string of the molecule is C=Nc1cnn2cc(OCC(C)(C)O)cc(-c3ccc(N4CC5CC(C4)N5CC#Cc4ccccc4)nc3)c12. The Morgan fingerprint density at radius 3 is 2.62 bits per heavy atom. The summed E-state index contributed by atoms with van der Waals surface area (Å²) in [6, 6.07) is 17.3. The molecule has 7 rings (SSSR count). The Hall–Kier alpha value is -4.19. The number of pyridine rings is 2. The van der Waals surface area contributed by atoms with Crippen molar-refractivity contribution < 1.29 is 9.84 Å². The molecule has 3 aromatic heterocycles. The molecule has 2 bridgehead atoms. The molecular weight excluding hydrogens is 488 g/mol. The van der Waals surface area contributed by atoms with Gasteiger partial charge in [0.05, 0.1) is 30.1 Å². The summed E-state index contributed by atoms with van der Waals surface area (Å²) >= 11 is 0. The first-order valence-corrected chi connectivity index (χ1v) is 13.2. The fraction of sp³-hybridized carbons (Fsp3) is 0.323. The van der Waals surface area contributed by atoms with Crippen LogP contribution in [0.2, 0.25) is 0 Å². The van der Waals surface area contributed by atoms with E-state index in [9.17, 15) is 5.11 Å². The Labute approximate surface area is 228 Å². The molecule has 8 nitrogen and oxygen atoms in total. The van der Waals surface area contributed by atoms with Gasteiger partial charge >= 0.3 is 0 Å². The van der Waals surface area contributed by atoms with Crippen LogP contribution >= 0.6 is 0 Å². The van der Waals surface area contributed by atoms with Gasteiger partial charge in [-0.05, 0) is 57.3 Å². The quantitative estimate of drug-likeness (QED) is 0.291. The lowest BCUT2D eigenvalue weighted by Crippen LogP contribution is -2.68. The van der Waals surface area contributed by atoms with Crippen LogP contribution in [0.1, 0.15) is 25.8 Å². The van der Waals surface area contributed by atoms with Crippen molar-refractivity contribution in [3.8, 4) is 28.7 Å². The monoisotopic (exact) mass is 520 g/mol. The fourth-order valence-electron chi connectivity index (χ4n) is 5.37. The summed E-state index contributed by atoms with van der Waals surface area (Å²) in [6.07, 6.45) is 6.59. The molecule has 1 aromatic carbocycles. The highest BCUT2D eigenvalue weighted by atomic mass is 16.5. The van der Waals surface area contributed by atoms with Crippen molar-refractivity contribution in [1.82, 2.24) is 19.5 Å². The molecule has 6 heterocycles. The highest BCUT2D eigenvalue weighted by Crippen LogP contribution is 2.36. The number of aliphatic hydroxyl groups is 1. The molecule has 3 fully saturated rings. The second kappa shape index (κ2) is 10.2. The van der Waals surface area contributed by atoms with Gasteiger partial charge in [-0.2, -0.15) is 5.10 Å². The smallest absolute Gasteiger partial charge is 0.138 e. The van der Waals surface area contributed by atoms with Gasteiger partial charge in [0, 0.05) is 48.1 Å². The molecule has 2 atom stereocenters.